The monoisotopic (exact) mass is 549 g/mol. The standard InChI is InChI=1S/C23H21Br2NO5/c1-4-29-20(27)12-30-21-17(24)9-14(10-18(21)25)11-19-23(28)31-22(26-19)16-7-5-15(6-8-16)13(2)3/h5-11,13H,4,12H2,1-3H3. The number of rotatable bonds is 7. The van der Waals surface area contributed by atoms with Gasteiger partial charge in [0.05, 0.1) is 15.6 Å². The third kappa shape index (κ3) is 5.83. The molecule has 1 aliphatic rings. The molecule has 0 saturated carbocycles. The van der Waals surface area contributed by atoms with E-state index >= 15 is 0 Å². The quantitative estimate of drug-likeness (QED) is 0.330. The molecular formula is C23H21Br2NO5. The molecule has 0 aliphatic carbocycles. The highest BCUT2D eigenvalue weighted by Gasteiger charge is 2.24. The highest BCUT2D eigenvalue weighted by molar-refractivity contribution is 9.11. The largest absolute Gasteiger partial charge is 0.480 e. The third-order valence-corrected chi connectivity index (χ3v) is 5.59. The van der Waals surface area contributed by atoms with Crippen LogP contribution in [0.5, 0.6) is 5.75 Å². The summed E-state index contributed by atoms with van der Waals surface area (Å²) in [4.78, 5) is 28.2. The van der Waals surface area contributed by atoms with Gasteiger partial charge in [-0.25, -0.2) is 14.6 Å². The second kappa shape index (κ2) is 10.2. The maximum Gasteiger partial charge on any atom is 0.363 e. The number of aliphatic imine (C=N–C) groups is 1. The van der Waals surface area contributed by atoms with E-state index in [1.807, 2.05) is 24.3 Å². The zero-order valence-electron chi connectivity index (χ0n) is 17.3. The van der Waals surface area contributed by atoms with Crippen molar-refractivity contribution < 1.29 is 23.8 Å². The molecule has 0 fully saturated rings. The van der Waals surface area contributed by atoms with Crippen molar-refractivity contribution in [3.8, 4) is 5.75 Å². The van der Waals surface area contributed by atoms with Gasteiger partial charge in [-0.05, 0) is 86.2 Å². The SMILES string of the molecule is CCOC(=O)COc1c(Br)cc(C=C2N=C(c3ccc(C(C)C)cc3)OC2=O)cc1Br. The van der Waals surface area contributed by atoms with E-state index in [-0.39, 0.29) is 24.8 Å². The highest BCUT2D eigenvalue weighted by Crippen LogP contribution is 2.36. The number of hydrogen-bond donors (Lipinski definition) is 0. The van der Waals surface area contributed by atoms with Crippen LogP contribution in [0.3, 0.4) is 0 Å². The molecule has 3 rings (SSSR count). The molecule has 0 aromatic heterocycles. The van der Waals surface area contributed by atoms with Gasteiger partial charge in [0.1, 0.15) is 5.75 Å². The van der Waals surface area contributed by atoms with Gasteiger partial charge in [0.25, 0.3) is 0 Å². The van der Waals surface area contributed by atoms with Crippen LogP contribution in [0.25, 0.3) is 6.08 Å². The number of ether oxygens (including phenoxy) is 3. The number of esters is 2. The molecule has 162 valence electrons. The van der Waals surface area contributed by atoms with Gasteiger partial charge < -0.3 is 14.2 Å². The lowest BCUT2D eigenvalue weighted by Gasteiger charge is -2.10. The molecule has 0 amide bonds. The maximum absolute atomic E-state index is 12.3. The Morgan fingerprint density at radius 1 is 1.16 bits per heavy atom. The molecule has 1 aliphatic heterocycles. The van der Waals surface area contributed by atoms with Crippen molar-refractivity contribution >= 4 is 55.8 Å². The van der Waals surface area contributed by atoms with Gasteiger partial charge in [-0.2, -0.15) is 0 Å². The van der Waals surface area contributed by atoms with E-state index in [4.69, 9.17) is 14.2 Å². The molecule has 8 heteroatoms. The molecule has 6 nitrogen and oxygen atoms in total. The van der Waals surface area contributed by atoms with Crippen molar-refractivity contribution in [2.24, 2.45) is 4.99 Å². The number of nitrogens with zero attached hydrogens (tertiary/aromatic N) is 1. The first-order valence-electron chi connectivity index (χ1n) is 9.68. The van der Waals surface area contributed by atoms with Gasteiger partial charge in [-0.1, -0.05) is 26.0 Å². The Morgan fingerprint density at radius 2 is 1.81 bits per heavy atom. The first-order valence-corrected chi connectivity index (χ1v) is 11.3. The first-order chi connectivity index (χ1) is 14.8. The molecule has 0 radical (unpaired) electrons. The van der Waals surface area contributed by atoms with E-state index in [2.05, 4.69) is 50.7 Å². The third-order valence-electron chi connectivity index (χ3n) is 4.41. The fourth-order valence-corrected chi connectivity index (χ4v) is 4.29. The summed E-state index contributed by atoms with van der Waals surface area (Å²) in [5.41, 5.74) is 2.84. The lowest BCUT2D eigenvalue weighted by molar-refractivity contribution is -0.145. The number of halogens is 2. The Hall–Kier alpha value is -2.45. The summed E-state index contributed by atoms with van der Waals surface area (Å²) in [5, 5.41) is 0. The van der Waals surface area contributed by atoms with Crippen molar-refractivity contribution in [3.05, 3.63) is 67.7 Å². The number of hydrogen-bond acceptors (Lipinski definition) is 6. The Bertz CT molecular complexity index is 1040. The Morgan fingerprint density at radius 3 is 2.39 bits per heavy atom. The van der Waals surface area contributed by atoms with Crippen LogP contribution in [-0.4, -0.2) is 31.1 Å². The molecule has 31 heavy (non-hydrogen) atoms. The van der Waals surface area contributed by atoms with E-state index < -0.39 is 11.9 Å². The van der Waals surface area contributed by atoms with Gasteiger partial charge in [0, 0.05) is 5.56 Å². The minimum absolute atomic E-state index is 0.196. The van der Waals surface area contributed by atoms with Gasteiger partial charge in [-0.15, -0.1) is 0 Å². The lowest BCUT2D eigenvalue weighted by atomic mass is 10.0. The van der Waals surface area contributed by atoms with E-state index in [0.29, 0.717) is 26.2 Å². The minimum atomic E-state index is -0.516. The average molecular weight is 551 g/mol. The van der Waals surface area contributed by atoms with Crippen LogP contribution in [0.4, 0.5) is 0 Å². The van der Waals surface area contributed by atoms with Crippen LogP contribution in [-0.2, 0) is 19.1 Å². The van der Waals surface area contributed by atoms with E-state index in [1.54, 1.807) is 25.1 Å². The summed E-state index contributed by atoms with van der Waals surface area (Å²) in [7, 11) is 0. The van der Waals surface area contributed by atoms with Gasteiger partial charge in [0.2, 0.25) is 5.90 Å². The van der Waals surface area contributed by atoms with Crippen LogP contribution >= 0.6 is 31.9 Å². The van der Waals surface area contributed by atoms with Crippen LogP contribution < -0.4 is 4.74 Å². The predicted octanol–water partition coefficient (Wildman–Crippen LogP) is 5.62. The molecule has 0 bridgehead atoms. The normalized spacial score (nSPS) is 14.6. The van der Waals surface area contributed by atoms with Crippen LogP contribution in [0.15, 0.2) is 56.0 Å². The fourth-order valence-electron chi connectivity index (χ4n) is 2.84. The number of carbonyl (C=O) groups is 2. The second-order valence-corrected chi connectivity index (χ2v) is 8.73. The topological polar surface area (TPSA) is 74.2 Å². The van der Waals surface area contributed by atoms with Gasteiger partial charge >= 0.3 is 11.9 Å². The summed E-state index contributed by atoms with van der Waals surface area (Å²) in [6.07, 6.45) is 1.63. The van der Waals surface area contributed by atoms with Crippen LogP contribution in [0.2, 0.25) is 0 Å². The molecule has 2 aromatic carbocycles. The molecule has 2 aromatic rings. The first kappa shape index (κ1) is 23.2. The molecule has 0 saturated heterocycles. The molecule has 1 heterocycles. The number of benzene rings is 2. The predicted molar refractivity (Wildman–Crippen MR) is 125 cm³/mol. The number of carbonyl (C=O) groups excluding carboxylic acids is 2. The van der Waals surface area contributed by atoms with Crippen molar-refractivity contribution in [2.75, 3.05) is 13.2 Å². The Labute approximate surface area is 197 Å². The van der Waals surface area contributed by atoms with Crippen molar-refractivity contribution in [3.63, 3.8) is 0 Å². The van der Waals surface area contributed by atoms with Crippen molar-refractivity contribution in [2.45, 2.75) is 26.7 Å². The van der Waals surface area contributed by atoms with Crippen LogP contribution in [0.1, 0.15) is 43.4 Å². The van der Waals surface area contributed by atoms with Crippen molar-refractivity contribution in [1.82, 2.24) is 0 Å². The molecule has 0 spiro atoms. The average Bonchev–Trinajstić information content (AvgIpc) is 3.08. The number of cyclic esters (lactones) is 1. The van der Waals surface area contributed by atoms with E-state index in [0.717, 1.165) is 5.56 Å². The lowest BCUT2D eigenvalue weighted by Crippen LogP contribution is -2.15. The zero-order chi connectivity index (χ0) is 22.5. The Balaban J connectivity index is 1.80. The van der Waals surface area contributed by atoms with Crippen LogP contribution in [0, 0.1) is 0 Å². The molecular weight excluding hydrogens is 530 g/mol. The second-order valence-electron chi connectivity index (χ2n) is 7.02. The van der Waals surface area contributed by atoms with Gasteiger partial charge in [-0.3, -0.25) is 0 Å². The smallest absolute Gasteiger partial charge is 0.363 e. The fraction of sp³-hybridized carbons (Fsp3) is 0.261. The van der Waals surface area contributed by atoms with Crippen molar-refractivity contribution in [1.29, 1.82) is 0 Å². The highest BCUT2D eigenvalue weighted by atomic mass is 79.9. The van der Waals surface area contributed by atoms with E-state index in [9.17, 15) is 9.59 Å². The summed E-state index contributed by atoms with van der Waals surface area (Å²) in [6, 6.07) is 11.3. The maximum atomic E-state index is 12.3. The molecule has 0 unspecified atom stereocenters. The zero-order valence-corrected chi connectivity index (χ0v) is 20.4. The van der Waals surface area contributed by atoms with Gasteiger partial charge in [0.15, 0.2) is 12.3 Å². The summed E-state index contributed by atoms with van der Waals surface area (Å²) >= 11 is 6.86. The summed E-state index contributed by atoms with van der Waals surface area (Å²) < 4.78 is 16.9. The van der Waals surface area contributed by atoms with E-state index in [1.165, 1.54) is 5.56 Å². The summed E-state index contributed by atoms with van der Waals surface area (Å²) in [6.45, 7) is 6.05. The Kier molecular flexibility index (Phi) is 7.67. The minimum Gasteiger partial charge on any atom is -0.480 e. The molecule has 0 N–H and O–H groups in total. The summed E-state index contributed by atoms with van der Waals surface area (Å²) in [5.74, 6) is 0.179. The molecule has 0 atom stereocenters.